The van der Waals surface area contributed by atoms with Gasteiger partial charge in [-0.2, -0.15) is 0 Å². The molecule has 142 valence electrons. The number of likely N-dealkylation sites (tertiary alicyclic amines) is 1. The van der Waals surface area contributed by atoms with Gasteiger partial charge >= 0.3 is 5.97 Å². The summed E-state index contributed by atoms with van der Waals surface area (Å²) in [4.78, 5) is 37.2. The molecule has 0 aliphatic carbocycles. The van der Waals surface area contributed by atoms with Gasteiger partial charge in [-0.1, -0.05) is 13.8 Å². The van der Waals surface area contributed by atoms with Crippen LogP contribution in [0, 0.1) is 22.0 Å². The molecular weight excluding hydrogens is 356 g/mol. The molecule has 1 aliphatic heterocycles. The van der Waals surface area contributed by atoms with E-state index in [1.54, 1.807) is 17.9 Å². The number of nitro benzene ring substituents is 1. The number of carbonyl (C=O) groups excluding carboxylic acids is 2. The lowest BCUT2D eigenvalue weighted by atomic mass is 9.91. The van der Waals surface area contributed by atoms with Crippen molar-refractivity contribution in [2.75, 3.05) is 25.4 Å². The molecule has 1 heterocycles. The minimum absolute atomic E-state index is 0.0108. The molecule has 0 saturated carbocycles. The molecule has 1 aliphatic rings. The summed E-state index contributed by atoms with van der Waals surface area (Å²) in [7, 11) is 0. The molecule has 1 aromatic rings. The number of piperidine rings is 1. The molecule has 0 radical (unpaired) electrons. The standard InChI is InChI=1S/C18H24N2O5S/c1-4-25-17(21)11-26-16-6-5-14(8-15(16)20(23)24)18(22)19-9-12(2)7-13(3)10-19/h5-6,8,12-13H,4,7,9-11H2,1-3H3. The first-order valence-electron chi connectivity index (χ1n) is 8.68. The molecule has 0 bridgehead atoms. The van der Waals surface area contributed by atoms with E-state index in [2.05, 4.69) is 13.8 Å². The summed E-state index contributed by atoms with van der Waals surface area (Å²) in [5.74, 6) is 0.203. The Balaban J connectivity index is 2.17. The SMILES string of the molecule is CCOC(=O)CSc1ccc(C(=O)N2CC(C)CC(C)C2)cc1[N+](=O)[O-]. The van der Waals surface area contributed by atoms with Gasteiger partial charge in [0.05, 0.1) is 22.2 Å². The van der Waals surface area contributed by atoms with Crippen molar-refractivity contribution in [2.45, 2.75) is 32.1 Å². The van der Waals surface area contributed by atoms with Crippen LogP contribution in [-0.2, 0) is 9.53 Å². The molecule has 2 unspecified atom stereocenters. The topological polar surface area (TPSA) is 89.8 Å². The van der Waals surface area contributed by atoms with E-state index in [4.69, 9.17) is 4.74 Å². The zero-order chi connectivity index (χ0) is 19.3. The van der Waals surface area contributed by atoms with Crippen molar-refractivity contribution < 1.29 is 19.2 Å². The number of nitro groups is 1. The highest BCUT2D eigenvalue weighted by molar-refractivity contribution is 8.00. The first-order chi connectivity index (χ1) is 12.3. The second-order valence-corrected chi connectivity index (χ2v) is 7.71. The normalized spacial score (nSPS) is 19.9. The molecule has 1 amide bonds. The number of esters is 1. The van der Waals surface area contributed by atoms with E-state index in [0.717, 1.165) is 18.2 Å². The van der Waals surface area contributed by atoms with Gasteiger partial charge in [0.1, 0.15) is 0 Å². The molecule has 2 atom stereocenters. The average molecular weight is 380 g/mol. The van der Waals surface area contributed by atoms with Crippen LogP contribution in [0.3, 0.4) is 0 Å². The molecule has 2 rings (SSSR count). The van der Waals surface area contributed by atoms with E-state index in [0.29, 0.717) is 35.4 Å². The van der Waals surface area contributed by atoms with E-state index in [1.807, 2.05) is 0 Å². The molecule has 1 fully saturated rings. The lowest BCUT2D eigenvalue weighted by Crippen LogP contribution is -2.42. The van der Waals surface area contributed by atoms with Crippen LogP contribution in [0.15, 0.2) is 23.1 Å². The van der Waals surface area contributed by atoms with Crippen molar-refractivity contribution in [3.05, 3.63) is 33.9 Å². The Kier molecular flexibility index (Phi) is 7.02. The lowest BCUT2D eigenvalue weighted by Gasteiger charge is -2.35. The molecule has 26 heavy (non-hydrogen) atoms. The van der Waals surface area contributed by atoms with Gasteiger partial charge in [0.25, 0.3) is 11.6 Å². The van der Waals surface area contributed by atoms with Crippen LogP contribution in [0.4, 0.5) is 5.69 Å². The highest BCUT2D eigenvalue weighted by atomic mass is 32.2. The van der Waals surface area contributed by atoms with Crippen LogP contribution in [0.1, 0.15) is 37.6 Å². The highest BCUT2D eigenvalue weighted by Crippen LogP contribution is 2.31. The number of hydrogen-bond acceptors (Lipinski definition) is 6. The monoisotopic (exact) mass is 380 g/mol. The van der Waals surface area contributed by atoms with Gasteiger partial charge in [-0.05, 0) is 37.3 Å². The minimum Gasteiger partial charge on any atom is -0.465 e. The Morgan fingerprint density at radius 3 is 2.54 bits per heavy atom. The largest absolute Gasteiger partial charge is 0.465 e. The summed E-state index contributed by atoms with van der Waals surface area (Å²) in [6.45, 7) is 7.50. The number of rotatable bonds is 6. The fraction of sp³-hybridized carbons (Fsp3) is 0.556. The molecule has 0 aromatic heterocycles. The summed E-state index contributed by atoms with van der Waals surface area (Å²) in [5.41, 5.74) is 0.140. The summed E-state index contributed by atoms with van der Waals surface area (Å²) >= 11 is 1.04. The van der Waals surface area contributed by atoms with Crippen LogP contribution in [0.25, 0.3) is 0 Å². The number of thioether (sulfide) groups is 1. The summed E-state index contributed by atoms with van der Waals surface area (Å²) in [5, 5.41) is 11.4. The Bertz CT molecular complexity index is 684. The number of amides is 1. The number of carbonyl (C=O) groups is 2. The Morgan fingerprint density at radius 1 is 1.31 bits per heavy atom. The molecule has 0 spiro atoms. The highest BCUT2D eigenvalue weighted by Gasteiger charge is 2.27. The fourth-order valence-corrected chi connectivity index (χ4v) is 4.07. The van der Waals surface area contributed by atoms with Gasteiger partial charge in [-0.3, -0.25) is 19.7 Å². The summed E-state index contributed by atoms with van der Waals surface area (Å²) in [6, 6.07) is 4.43. The second-order valence-electron chi connectivity index (χ2n) is 6.69. The maximum absolute atomic E-state index is 12.8. The third-order valence-corrected chi connectivity index (χ3v) is 5.25. The van der Waals surface area contributed by atoms with Crippen molar-refractivity contribution in [3.63, 3.8) is 0 Å². The second kappa shape index (κ2) is 9.02. The summed E-state index contributed by atoms with van der Waals surface area (Å²) < 4.78 is 4.83. The zero-order valence-corrected chi connectivity index (χ0v) is 16.1. The molecular formula is C18H24N2O5S. The quantitative estimate of drug-likeness (QED) is 0.325. The van der Waals surface area contributed by atoms with E-state index >= 15 is 0 Å². The van der Waals surface area contributed by atoms with Crippen LogP contribution in [-0.4, -0.2) is 47.1 Å². The molecule has 1 aromatic carbocycles. The molecule has 8 heteroatoms. The molecule has 0 N–H and O–H groups in total. The van der Waals surface area contributed by atoms with Crippen LogP contribution in [0.5, 0.6) is 0 Å². The van der Waals surface area contributed by atoms with E-state index in [9.17, 15) is 19.7 Å². The van der Waals surface area contributed by atoms with Gasteiger partial charge in [-0.15, -0.1) is 11.8 Å². The average Bonchev–Trinajstić information content (AvgIpc) is 2.58. The van der Waals surface area contributed by atoms with Crippen LogP contribution in [0.2, 0.25) is 0 Å². The number of hydrogen-bond donors (Lipinski definition) is 0. The predicted octanol–water partition coefficient (Wildman–Crippen LogP) is 3.37. The van der Waals surface area contributed by atoms with Crippen molar-refractivity contribution in [3.8, 4) is 0 Å². The van der Waals surface area contributed by atoms with Crippen LogP contribution >= 0.6 is 11.8 Å². The first-order valence-corrected chi connectivity index (χ1v) is 9.66. The summed E-state index contributed by atoms with van der Waals surface area (Å²) in [6.07, 6.45) is 1.08. The van der Waals surface area contributed by atoms with E-state index < -0.39 is 10.9 Å². The van der Waals surface area contributed by atoms with E-state index in [-0.39, 0.29) is 24.0 Å². The Hall–Kier alpha value is -2.09. The van der Waals surface area contributed by atoms with Crippen LogP contribution < -0.4 is 0 Å². The van der Waals surface area contributed by atoms with Gasteiger partial charge in [-0.25, -0.2) is 0 Å². The van der Waals surface area contributed by atoms with Gasteiger partial charge in [0, 0.05) is 24.7 Å². The number of benzene rings is 1. The minimum atomic E-state index is -0.522. The lowest BCUT2D eigenvalue weighted by molar-refractivity contribution is -0.387. The maximum Gasteiger partial charge on any atom is 0.316 e. The third kappa shape index (κ3) is 5.20. The zero-order valence-electron chi connectivity index (χ0n) is 15.3. The molecule has 1 saturated heterocycles. The van der Waals surface area contributed by atoms with E-state index in [1.165, 1.54) is 12.1 Å². The first kappa shape index (κ1) is 20.2. The molecule has 7 nitrogen and oxygen atoms in total. The van der Waals surface area contributed by atoms with Gasteiger partial charge in [0.15, 0.2) is 0 Å². The van der Waals surface area contributed by atoms with Crippen molar-refractivity contribution in [2.24, 2.45) is 11.8 Å². The van der Waals surface area contributed by atoms with Crippen molar-refractivity contribution >= 4 is 29.3 Å². The number of nitrogens with zero attached hydrogens (tertiary/aromatic N) is 2. The Labute approximate surface area is 157 Å². The van der Waals surface area contributed by atoms with Gasteiger partial charge in [0.2, 0.25) is 0 Å². The number of ether oxygens (including phenoxy) is 1. The predicted molar refractivity (Wildman–Crippen MR) is 99.3 cm³/mol. The van der Waals surface area contributed by atoms with Crippen molar-refractivity contribution in [1.82, 2.24) is 4.90 Å². The maximum atomic E-state index is 12.8. The third-order valence-electron chi connectivity index (χ3n) is 4.21. The van der Waals surface area contributed by atoms with Gasteiger partial charge < -0.3 is 9.64 Å². The van der Waals surface area contributed by atoms with Crippen molar-refractivity contribution in [1.29, 1.82) is 0 Å². The Morgan fingerprint density at radius 2 is 1.96 bits per heavy atom. The smallest absolute Gasteiger partial charge is 0.316 e. The fourth-order valence-electron chi connectivity index (χ4n) is 3.27.